The lowest BCUT2D eigenvalue weighted by Gasteiger charge is -2.08. The summed E-state index contributed by atoms with van der Waals surface area (Å²) in [4.78, 5) is 14.6. The molecule has 0 spiro atoms. The molecule has 1 N–H and O–H groups in total. The summed E-state index contributed by atoms with van der Waals surface area (Å²) in [6, 6.07) is 19.5. The van der Waals surface area contributed by atoms with Gasteiger partial charge in [-0.25, -0.2) is 0 Å². The summed E-state index contributed by atoms with van der Waals surface area (Å²) in [5.41, 5.74) is 3.52. The Hall–Kier alpha value is -3.25. The van der Waals surface area contributed by atoms with Gasteiger partial charge in [0.1, 0.15) is 0 Å². The minimum absolute atomic E-state index is 0.0158. The molecule has 150 valence electrons. The standard InChI is InChI=1S/C24H21N3O2S/c28-23(21-14-17-10-4-7-13-20(17)30-21)26-25-22-18-11-5-6-12-19(18)27(24(22)29)15-16-8-2-1-3-9-16/h1-3,5-6,8-9,11-12,14,29H,4,7,10,13,15H2. The zero-order valence-electron chi connectivity index (χ0n) is 16.4. The number of carbonyl (C=O) groups is 1. The second-order valence-electron chi connectivity index (χ2n) is 7.53. The number of aromatic nitrogens is 1. The highest BCUT2D eigenvalue weighted by Crippen LogP contribution is 2.39. The molecule has 0 bridgehead atoms. The van der Waals surface area contributed by atoms with E-state index in [0.29, 0.717) is 17.1 Å². The Labute approximate surface area is 178 Å². The fraction of sp³-hybridized carbons (Fsp3) is 0.208. The summed E-state index contributed by atoms with van der Waals surface area (Å²) >= 11 is 1.52. The Morgan fingerprint density at radius 2 is 1.80 bits per heavy atom. The SMILES string of the molecule is O=C(N=Nc1c(O)n(Cc2ccccc2)c2ccccc12)c1cc2c(s1)CCCC2. The summed E-state index contributed by atoms with van der Waals surface area (Å²) < 4.78 is 1.80. The van der Waals surface area contributed by atoms with Crippen LogP contribution in [0.15, 0.2) is 70.9 Å². The number of carbonyl (C=O) groups excluding carboxylic acids is 1. The molecule has 2 aromatic carbocycles. The topological polar surface area (TPSA) is 66.9 Å². The smallest absolute Gasteiger partial charge is 0.305 e. The predicted octanol–water partition coefficient (Wildman–Crippen LogP) is 6.26. The molecule has 0 saturated carbocycles. The maximum atomic E-state index is 12.6. The molecule has 0 atom stereocenters. The van der Waals surface area contributed by atoms with Crippen molar-refractivity contribution in [2.75, 3.05) is 0 Å². The minimum atomic E-state index is -0.353. The molecule has 1 aliphatic rings. The van der Waals surface area contributed by atoms with Crippen molar-refractivity contribution in [3.63, 3.8) is 0 Å². The molecule has 4 aromatic rings. The molecule has 0 unspecified atom stereocenters. The summed E-state index contributed by atoms with van der Waals surface area (Å²) in [5.74, 6) is -0.337. The van der Waals surface area contributed by atoms with Crippen LogP contribution in [-0.4, -0.2) is 15.6 Å². The van der Waals surface area contributed by atoms with Crippen LogP contribution >= 0.6 is 11.3 Å². The molecule has 0 saturated heterocycles. The molecule has 6 heteroatoms. The lowest BCUT2D eigenvalue weighted by Crippen LogP contribution is -1.98. The lowest BCUT2D eigenvalue weighted by atomic mass is 9.99. The Balaban J connectivity index is 1.49. The van der Waals surface area contributed by atoms with Crippen LogP contribution in [-0.2, 0) is 19.4 Å². The van der Waals surface area contributed by atoms with Gasteiger partial charge in [-0.3, -0.25) is 4.79 Å². The third-order valence-corrected chi connectivity index (χ3v) is 6.77. The van der Waals surface area contributed by atoms with Gasteiger partial charge in [-0.1, -0.05) is 48.5 Å². The number of hydrogen-bond acceptors (Lipinski definition) is 4. The van der Waals surface area contributed by atoms with E-state index in [0.717, 1.165) is 29.3 Å². The number of aromatic hydroxyl groups is 1. The van der Waals surface area contributed by atoms with Crippen molar-refractivity contribution >= 4 is 33.8 Å². The molecule has 2 heterocycles. The Kier molecular flexibility index (Phi) is 4.93. The van der Waals surface area contributed by atoms with Gasteiger partial charge in [-0.2, -0.15) is 0 Å². The first kappa shape index (κ1) is 18.8. The van der Waals surface area contributed by atoms with Gasteiger partial charge < -0.3 is 9.67 Å². The van der Waals surface area contributed by atoms with Gasteiger partial charge in [-0.15, -0.1) is 21.6 Å². The highest BCUT2D eigenvalue weighted by molar-refractivity contribution is 7.14. The van der Waals surface area contributed by atoms with Crippen molar-refractivity contribution in [1.29, 1.82) is 0 Å². The van der Waals surface area contributed by atoms with E-state index in [-0.39, 0.29) is 11.8 Å². The van der Waals surface area contributed by atoms with Gasteiger partial charge in [0, 0.05) is 10.3 Å². The molecule has 0 radical (unpaired) electrons. The first-order valence-corrected chi connectivity index (χ1v) is 10.9. The van der Waals surface area contributed by atoms with Gasteiger partial charge in [-0.05, 0) is 48.9 Å². The molecule has 1 aliphatic carbocycles. The first-order valence-electron chi connectivity index (χ1n) is 10.1. The molecule has 5 nitrogen and oxygen atoms in total. The fourth-order valence-electron chi connectivity index (χ4n) is 4.04. The number of hydrogen-bond donors (Lipinski definition) is 1. The summed E-state index contributed by atoms with van der Waals surface area (Å²) in [7, 11) is 0. The first-order chi connectivity index (χ1) is 14.7. The molecule has 1 amide bonds. The van der Waals surface area contributed by atoms with Crippen LogP contribution in [0.4, 0.5) is 5.69 Å². The molecule has 5 rings (SSSR count). The number of benzene rings is 2. The minimum Gasteiger partial charge on any atom is -0.493 e. The molecule has 0 fully saturated rings. The largest absolute Gasteiger partial charge is 0.493 e. The van der Waals surface area contributed by atoms with Gasteiger partial charge in [0.05, 0.1) is 16.9 Å². The number of rotatable bonds is 4. The van der Waals surface area contributed by atoms with E-state index >= 15 is 0 Å². The third-order valence-electron chi connectivity index (χ3n) is 5.55. The van der Waals surface area contributed by atoms with Gasteiger partial charge >= 0.3 is 5.91 Å². The van der Waals surface area contributed by atoms with Crippen LogP contribution in [0.5, 0.6) is 5.88 Å². The summed E-state index contributed by atoms with van der Waals surface area (Å²) in [6.45, 7) is 0.508. The maximum Gasteiger partial charge on any atom is 0.305 e. The van der Waals surface area contributed by atoms with E-state index in [1.807, 2.05) is 60.7 Å². The van der Waals surface area contributed by atoms with E-state index in [2.05, 4.69) is 10.2 Å². The number of aryl methyl sites for hydroxylation is 2. The van der Waals surface area contributed by atoms with Crippen molar-refractivity contribution in [3.05, 3.63) is 81.5 Å². The zero-order chi connectivity index (χ0) is 20.5. The number of nitrogens with zero attached hydrogens (tertiary/aromatic N) is 3. The van der Waals surface area contributed by atoms with Crippen molar-refractivity contribution in [1.82, 2.24) is 4.57 Å². The number of para-hydroxylation sites is 1. The number of azo groups is 1. The third kappa shape index (κ3) is 3.44. The normalized spacial score (nSPS) is 13.7. The van der Waals surface area contributed by atoms with Gasteiger partial charge in [0.2, 0.25) is 5.88 Å². The maximum absolute atomic E-state index is 12.6. The van der Waals surface area contributed by atoms with Crippen LogP contribution in [0.3, 0.4) is 0 Å². The molecule has 30 heavy (non-hydrogen) atoms. The fourth-order valence-corrected chi connectivity index (χ4v) is 5.17. The van der Waals surface area contributed by atoms with Crippen molar-refractivity contribution in [2.45, 2.75) is 32.2 Å². The second-order valence-corrected chi connectivity index (χ2v) is 8.67. The highest BCUT2D eigenvalue weighted by Gasteiger charge is 2.19. The van der Waals surface area contributed by atoms with Crippen LogP contribution in [0.1, 0.15) is 38.5 Å². The quantitative estimate of drug-likeness (QED) is 0.400. The Morgan fingerprint density at radius 1 is 1.03 bits per heavy atom. The van der Waals surface area contributed by atoms with E-state index in [4.69, 9.17) is 0 Å². The van der Waals surface area contributed by atoms with Crippen LogP contribution in [0.2, 0.25) is 0 Å². The Bertz CT molecular complexity index is 1230. The van der Waals surface area contributed by atoms with Gasteiger partial charge in [0.25, 0.3) is 0 Å². The van der Waals surface area contributed by atoms with Crippen molar-refractivity contribution < 1.29 is 9.90 Å². The average molecular weight is 416 g/mol. The molecule has 2 aromatic heterocycles. The molecular weight excluding hydrogens is 394 g/mol. The van der Waals surface area contributed by atoms with E-state index in [1.165, 1.54) is 34.6 Å². The number of fused-ring (bicyclic) bond motifs is 2. The number of amides is 1. The second kappa shape index (κ2) is 7.88. The summed E-state index contributed by atoms with van der Waals surface area (Å²) in [6.07, 6.45) is 4.42. The highest BCUT2D eigenvalue weighted by atomic mass is 32.1. The van der Waals surface area contributed by atoms with E-state index in [9.17, 15) is 9.90 Å². The predicted molar refractivity (Wildman–Crippen MR) is 119 cm³/mol. The van der Waals surface area contributed by atoms with Crippen LogP contribution < -0.4 is 0 Å². The lowest BCUT2D eigenvalue weighted by molar-refractivity contribution is 0.0999. The molecule has 0 aliphatic heterocycles. The van der Waals surface area contributed by atoms with Crippen molar-refractivity contribution in [3.8, 4) is 5.88 Å². The molecular formula is C24H21N3O2S. The van der Waals surface area contributed by atoms with E-state index in [1.54, 1.807) is 4.57 Å². The van der Waals surface area contributed by atoms with Crippen LogP contribution in [0, 0.1) is 0 Å². The average Bonchev–Trinajstić information content (AvgIpc) is 3.33. The van der Waals surface area contributed by atoms with E-state index < -0.39 is 0 Å². The monoisotopic (exact) mass is 415 g/mol. The van der Waals surface area contributed by atoms with Crippen LogP contribution in [0.25, 0.3) is 10.9 Å². The Morgan fingerprint density at radius 3 is 2.63 bits per heavy atom. The zero-order valence-corrected chi connectivity index (χ0v) is 17.2. The number of thiophene rings is 1. The van der Waals surface area contributed by atoms with Gasteiger partial charge in [0.15, 0.2) is 5.69 Å². The summed E-state index contributed by atoms with van der Waals surface area (Å²) in [5, 5.41) is 19.8. The van der Waals surface area contributed by atoms with Crippen molar-refractivity contribution in [2.24, 2.45) is 10.2 Å².